The second-order valence-electron chi connectivity index (χ2n) is 6.54. The monoisotopic (exact) mass is 272 g/mol. The van der Waals surface area contributed by atoms with E-state index in [2.05, 4.69) is 29.8 Å². The molecule has 2 heterocycles. The van der Waals surface area contributed by atoms with Crippen LogP contribution in [-0.2, 0) is 0 Å². The maximum absolute atomic E-state index is 12.8. The van der Waals surface area contributed by atoms with Crippen LogP contribution in [-0.4, -0.2) is 47.9 Å². The van der Waals surface area contributed by atoms with Crippen LogP contribution in [0.5, 0.6) is 0 Å². The van der Waals surface area contributed by atoms with Crippen molar-refractivity contribution in [3.8, 4) is 0 Å². The molecule has 3 nitrogen and oxygen atoms in total. The summed E-state index contributed by atoms with van der Waals surface area (Å²) < 4.78 is 0. The minimum Gasteiger partial charge on any atom is -0.337 e. The van der Waals surface area contributed by atoms with Gasteiger partial charge in [-0.3, -0.25) is 9.69 Å². The first-order valence-electron chi connectivity index (χ1n) is 7.60. The average Bonchev–Trinajstić information content (AvgIpc) is 2.45. The lowest BCUT2D eigenvalue weighted by molar-refractivity contribution is -0.0409. The lowest BCUT2D eigenvalue weighted by Gasteiger charge is -2.55. The summed E-state index contributed by atoms with van der Waals surface area (Å²) in [5.41, 5.74) is 3.45. The molecule has 1 spiro atoms. The fourth-order valence-electron chi connectivity index (χ4n) is 3.68. The number of aryl methyl sites for hydroxylation is 2. The quantitative estimate of drug-likeness (QED) is 0.784. The molecule has 0 N–H and O–H groups in total. The van der Waals surface area contributed by atoms with E-state index in [1.807, 2.05) is 19.1 Å². The van der Waals surface area contributed by atoms with E-state index in [9.17, 15) is 4.79 Å². The summed E-state index contributed by atoms with van der Waals surface area (Å²) in [6.45, 7) is 7.08. The lowest BCUT2D eigenvalue weighted by atomic mass is 9.78. The number of carbonyl (C=O) groups is 1. The highest BCUT2D eigenvalue weighted by atomic mass is 16.2. The smallest absolute Gasteiger partial charge is 0.254 e. The zero-order chi connectivity index (χ0) is 14.3. The summed E-state index contributed by atoms with van der Waals surface area (Å²) in [7, 11) is 2.19. The molecule has 0 unspecified atom stereocenters. The zero-order valence-corrected chi connectivity index (χ0v) is 12.8. The Morgan fingerprint density at radius 2 is 2.00 bits per heavy atom. The van der Waals surface area contributed by atoms with Crippen LogP contribution in [0.2, 0.25) is 0 Å². The fourth-order valence-corrected chi connectivity index (χ4v) is 3.68. The highest BCUT2D eigenvalue weighted by Crippen LogP contribution is 2.37. The number of carbonyl (C=O) groups excluding carboxylic acids is 1. The van der Waals surface area contributed by atoms with Gasteiger partial charge in [0.05, 0.1) is 0 Å². The van der Waals surface area contributed by atoms with E-state index in [1.165, 1.54) is 24.9 Å². The second-order valence-corrected chi connectivity index (χ2v) is 6.54. The normalized spacial score (nSPS) is 26.6. The van der Waals surface area contributed by atoms with Crippen LogP contribution in [0.25, 0.3) is 0 Å². The summed E-state index contributed by atoms with van der Waals surface area (Å²) in [6, 6.07) is 6.12. The maximum atomic E-state index is 12.8. The molecule has 3 rings (SSSR count). The number of amides is 1. The Labute approximate surface area is 121 Å². The van der Waals surface area contributed by atoms with Gasteiger partial charge in [-0.1, -0.05) is 17.7 Å². The molecular formula is C17H24N2O. The Hall–Kier alpha value is -1.35. The molecule has 2 fully saturated rings. The van der Waals surface area contributed by atoms with Crippen molar-refractivity contribution in [2.75, 3.05) is 26.7 Å². The summed E-state index contributed by atoms with van der Waals surface area (Å²) in [5, 5.41) is 0. The predicted octanol–water partition coefficient (Wildman–Crippen LogP) is 2.61. The van der Waals surface area contributed by atoms with Crippen LogP contribution in [0.4, 0.5) is 0 Å². The largest absolute Gasteiger partial charge is 0.337 e. The summed E-state index contributed by atoms with van der Waals surface area (Å²) >= 11 is 0. The van der Waals surface area contributed by atoms with Gasteiger partial charge in [-0.15, -0.1) is 0 Å². The molecule has 0 radical (unpaired) electrons. The summed E-state index contributed by atoms with van der Waals surface area (Å²) in [5.74, 6) is 0.210. The molecule has 0 aliphatic carbocycles. The van der Waals surface area contributed by atoms with Crippen LogP contribution in [0.15, 0.2) is 18.2 Å². The zero-order valence-electron chi connectivity index (χ0n) is 12.8. The molecule has 1 amide bonds. The predicted molar refractivity (Wildman–Crippen MR) is 81.0 cm³/mol. The number of likely N-dealkylation sites (N-methyl/N-ethyl adjacent to an activating group) is 1. The Bertz CT molecular complexity index is 540. The Morgan fingerprint density at radius 1 is 1.20 bits per heavy atom. The molecule has 108 valence electrons. The number of benzene rings is 1. The number of nitrogens with zero attached hydrogens (tertiary/aromatic N) is 2. The van der Waals surface area contributed by atoms with Crippen LogP contribution >= 0.6 is 0 Å². The van der Waals surface area contributed by atoms with E-state index in [0.29, 0.717) is 0 Å². The van der Waals surface area contributed by atoms with Crippen LogP contribution in [0, 0.1) is 13.8 Å². The van der Waals surface area contributed by atoms with Gasteiger partial charge in [0.15, 0.2) is 0 Å². The minimum atomic E-state index is 0.210. The van der Waals surface area contributed by atoms with Gasteiger partial charge in [-0.2, -0.15) is 0 Å². The average molecular weight is 272 g/mol. The van der Waals surface area contributed by atoms with Gasteiger partial charge in [0, 0.05) is 30.7 Å². The third kappa shape index (κ3) is 2.14. The molecule has 20 heavy (non-hydrogen) atoms. The van der Waals surface area contributed by atoms with Gasteiger partial charge in [-0.05, 0) is 51.8 Å². The lowest BCUT2D eigenvalue weighted by Crippen LogP contribution is -2.66. The van der Waals surface area contributed by atoms with Gasteiger partial charge < -0.3 is 4.90 Å². The van der Waals surface area contributed by atoms with E-state index in [4.69, 9.17) is 0 Å². The van der Waals surface area contributed by atoms with Crippen LogP contribution in [0.3, 0.4) is 0 Å². The summed E-state index contributed by atoms with van der Waals surface area (Å²) in [6.07, 6.45) is 3.60. The molecule has 0 bridgehead atoms. The van der Waals surface area contributed by atoms with Gasteiger partial charge in [0.2, 0.25) is 0 Å². The standard InChI is InChI=1S/C17H24N2O/c1-13-5-6-15(14(2)11-13)16(20)19-9-4-7-17(12-19)8-10-18(17)3/h5-6,11H,4,7-10,12H2,1-3H3/t17-/m0/s1. The molecule has 1 aromatic rings. The van der Waals surface area contributed by atoms with Crippen molar-refractivity contribution in [3.05, 3.63) is 34.9 Å². The highest BCUT2D eigenvalue weighted by Gasteiger charge is 2.46. The third-order valence-electron chi connectivity index (χ3n) is 5.18. The molecule has 3 heteroatoms. The molecular weight excluding hydrogens is 248 g/mol. The fraction of sp³-hybridized carbons (Fsp3) is 0.588. The Morgan fingerprint density at radius 3 is 2.60 bits per heavy atom. The van der Waals surface area contributed by atoms with E-state index in [1.54, 1.807) is 0 Å². The molecule has 2 saturated heterocycles. The summed E-state index contributed by atoms with van der Waals surface area (Å²) in [4.78, 5) is 17.3. The van der Waals surface area contributed by atoms with Crippen LogP contribution in [0.1, 0.15) is 40.7 Å². The minimum absolute atomic E-state index is 0.210. The van der Waals surface area contributed by atoms with Gasteiger partial charge >= 0.3 is 0 Å². The number of rotatable bonds is 1. The second kappa shape index (κ2) is 4.88. The molecule has 0 aromatic heterocycles. The Balaban J connectivity index is 1.80. The van der Waals surface area contributed by atoms with Crippen molar-refractivity contribution in [2.24, 2.45) is 0 Å². The van der Waals surface area contributed by atoms with Crippen molar-refractivity contribution in [1.29, 1.82) is 0 Å². The van der Waals surface area contributed by atoms with E-state index < -0.39 is 0 Å². The van der Waals surface area contributed by atoms with Gasteiger partial charge in [-0.25, -0.2) is 0 Å². The van der Waals surface area contributed by atoms with Gasteiger partial charge in [0.25, 0.3) is 5.91 Å². The van der Waals surface area contributed by atoms with Crippen molar-refractivity contribution < 1.29 is 4.79 Å². The topological polar surface area (TPSA) is 23.6 Å². The number of likely N-dealkylation sites (tertiary alicyclic amines) is 2. The maximum Gasteiger partial charge on any atom is 0.254 e. The first-order valence-corrected chi connectivity index (χ1v) is 7.60. The van der Waals surface area contributed by atoms with Crippen molar-refractivity contribution in [3.63, 3.8) is 0 Å². The SMILES string of the molecule is Cc1ccc(C(=O)N2CCC[C@]3(CCN3C)C2)c(C)c1. The van der Waals surface area contributed by atoms with E-state index in [-0.39, 0.29) is 11.4 Å². The van der Waals surface area contributed by atoms with E-state index >= 15 is 0 Å². The third-order valence-corrected chi connectivity index (χ3v) is 5.18. The van der Waals surface area contributed by atoms with E-state index in [0.717, 1.165) is 30.6 Å². The first-order chi connectivity index (χ1) is 9.52. The number of hydrogen-bond acceptors (Lipinski definition) is 2. The molecule has 2 aliphatic heterocycles. The molecule has 1 atom stereocenters. The van der Waals surface area contributed by atoms with Crippen molar-refractivity contribution in [1.82, 2.24) is 9.80 Å². The number of hydrogen-bond donors (Lipinski definition) is 0. The Kier molecular flexibility index (Phi) is 3.33. The van der Waals surface area contributed by atoms with Gasteiger partial charge in [0.1, 0.15) is 0 Å². The molecule has 2 aliphatic rings. The van der Waals surface area contributed by atoms with Crippen LogP contribution < -0.4 is 0 Å². The molecule has 1 aromatic carbocycles. The van der Waals surface area contributed by atoms with Crippen molar-refractivity contribution >= 4 is 5.91 Å². The highest BCUT2D eigenvalue weighted by molar-refractivity contribution is 5.95. The first kappa shape index (κ1) is 13.6. The van der Waals surface area contributed by atoms with Crippen molar-refractivity contribution in [2.45, 2.75) is 38.6 Å². The number of piperidine rings is 1. The molecule has 0 saturated carbocycles.